The first-order valence-electron chi connectivity index (χ1n) is 4.50. The average molecular weight is 276 g/mol. The van der Waals surface area contributed by atoms with E-state index in [0.29, 0.717) is 5.39 Å². The number of rotatable bonds is 3. The van der Waals surface area contributed by atoms with Crippen LogP contribution in [-0.4, -0.2) is 66.3 Å². The minimum atomic E-state index is -4.00. The third-order valence-corrected chi connectivity index (χ3v) is 3.41. The molecule has 0 N–H and O–H groups in total. The van der Waals surface area contributed by atoms with Crippen LogP contribution in [-0.2, 0) is 19.1 Å². The van der Waals surface area contributed by atoms with Crippen LogP contribution in [0.4, 0.5) is 0 Å². The topological polar surface area (TPSA) is 60.4 Å². The zero-order valence-electron chi connectivity index (χ0n) is 8.16. The number of benzene rings is 2. The van der Waals surface area contributed by atoms with E-state index in [2.05, 4.69) is 4.18 Å². The Morgan fingerprint density at radius 2 is 1.65 bits per heavy atom. The van der Waals surface area contributed by atoms with Gasteiger partial charge in [0.2, 0.25) is 0 Å². The molecule has 0 saturated carbocycles. The molecule has 2 rings (SSSR count). The van der Waals surface area contributed by atoms with Crippen molar-refractivity contribution in [2.24, 2.45) is 0 Å². The molecule has 0 aliphatic rings. The molecule has 2 aromatic carbocycles. The normalized spacial score (nSPS) is 10.6. The maximum atomic E-state index is 11.6. The Bertz CT molecular complexity index is 631. The Hall–Kier alpha value is -0.244. The van der Waals surface area contributed by atoms with E-state index in [1.54, 1.807) is 36.4 Å². The first-order chi connectivity index (χ1) is 7.65. The van der Waals surface area contributed by atoms with Crippen LogP contribution in [0.1, 0.15) is 0 Å². The summed E-state index contributed by atoms with van der Waals surface area (Å²) in [6.45, 7) is -0.0862. The second-order valence-corrected chi connectivity index (χ2v) is 4.66. The van der Waals surface area contributed by atoms with Gasteiger partial charge in [-0.2, -0.15) is 8.42 Å². The molecule has 0 unspecified atom stereocenters. The summed E-state index contributed by atoms with van der Waals surface area (Å²) >= 11 is 0. The van der Waals surface area contributed by atoms with Gasteiger partial charge < -0.3 is 4.18 Å². The fourth-order valence-electron chi connectivity index (χ4n) is 1.52. The molecular weight excluding hydrogens is 267 g/mol. The Morgan fingerprint density at radius 1 is 1.00 bits per heavy atom. The summed E-state index contributed by atoms with van der Waals surface area (Å²) in [5.74, 6) is 0. The van der Waals surface area contributed by atoms with Crippen molar-refractivity contribution in [2.75, 3.05) is 0 Å². The maximum absolute atomic E-state index is 11.6. The summed E-state index contributed by atoms with van der Waals surface area (Å²) in [7, 11) is -4.00. The van der Waals surface area contributed by atoms with E-state index in [9.17, 15) is 13.2 Å². The van der Waals surface area contributed by atoms with E-state index < -0.39 is 10.1 Å². The van der Waals surface area contributed by atoms with Gasteiger partial charge >= 0.3 is 68.0 Å². The molecule has 0 atom stereocenters. The summed E-state index contributed by atoms with van der Waals surface area (Å²) in [6, 6.07) is 11.8. The van der Waals surface area contributed by atoms with E-state index in [0.717, 1.165) is 5.39 Å². The van der Waals surface area contributed by atoms with Gasteiger partial charge in [0, 0.05) is 5.39 Å². The van der Waals surface area contributed by atoms with E-state index in [1.165, 1.54) is 6.07 Å². The Labute approximate surface area is 142 Å². The molecule has 0 radical (unpaired) electrons. The van der Waals surface area contributed by atoms with Crippen LogP contribution in [0.2, 0.25) is 0 Å². The molecule has 0 saturated heterocycles. The summed E-state index contributed by atoms with van der Waals surface area (Å²) in [5.41, 5.74) is 0. The van der Waals surface area contributed by atoms with Gasteiger partial charge in [0.25, 0.3) is 0 Å². The van der Waals surface area contributed by atoms with Gasteiger partial charge in [-0.25, -0.2) is 0 Å². The Morgan fingerprint density at radius 3 is 2.35 bits per heavy atom. The van der Waals surface area contributed by atoms with E-state index in [-0.39, 0.29) is 62.8 Å². The molecule has 0 aromatic heterocycles. The average Bonchev–Trinajstić information content (AvgIpc) is 2.28. The van der Waals surface area contributed by atoms with Crippen molar-refractivity contribution in [1.29, 1.82) is 0 Å². The molecule has 2 aromatic rings. The second kappa shape index (κ2) is 6.08. The zero-order valence-corrected chi connectivity index (χ0v) is 8.98. The molecule has 6 heteroatoms. The van der Waals surface area contributed by atoms with Crippen molar-refractivity contribution in [1.82, 2.24) is 0 Å². The van der Waals surface area contributed by atoms with E-state index in [1.807, 2.05) is 0 Å². The molecule has 84 valence electrons. The van der Waals surface area contributed by atoms with Crippen molar-refractivity contribution in [3.8, 4) is 0 Å². The van der Waals surface area contributed by atoms with Crippen LogP contribution < -0.4 is 0 Å². The zero-order chi connectivity index (χ0) is 11.6. The summed E-state index contributed by atoms with van der Waals surface area (Å²) < 4.78 is 27.3. The molecule has 0 bridgehead atoms. The van der Waals surface area contributed by atoms with Crippen molar-refractivity contribution in [3.05, 3.63) is 42.5 Å². The van der Waals surface area contributed by atoms with Gasteiger partial charge in [0.15, 0.2) is 0 Å². The third-order valence-electron chi connectivity index (χ3n) is 2.18. The van der Waals surface area contributed by atoms with Gasteiger partial charge in [0.1, 0.15) is 4.90 Å². The summed E-state index contributed by atoms with van der Waals surface area (Å²) in [4.78, 5) is 10.1. The molecule has 0 aliphatic carbocycles. The standard InChI is InChI=1S/C11H8O4S.K.H/c12-8-15-16(13,14)11-7-3-5-9-4-1-2-6-10(9)11;;/h1-8H;;. The van der Waals surface area contributed by atoms with Crippen LogP contribution in [0.5, 0.6) is 0 Å². The fraction of sp³-hybridized carbons (Fsp3) is 0. The minimum absolute atomic E-state index is 0. The Balaban J connectivity index is 0.00000144. The molecule has 0 aliphatic heterocycles. The number of fused-ring (bicyclic) bond motifs is 1. The number of carbonyl (C=O) groups excluding carboxylic acids is 1. The monoisotopic (exact) mass is 276 g/mol. The van der Waals surface area contributed by atoms with Crippen molar-refractivity contribution in [2.45, 2.75) is 4.90 Å². The van der Waals surface area contributed by atoms with Gasteiger partial charge in [0.05, 0.1) is 0 Å². The van der Waals surface area contributed by atoms with Crippen molar-refractivity contribution in [3.63, 3.8) is 0 Å². The van der Waals surface area contributed by atoms with Crippen LogP contribution >= 0.6 is 0 Å². The van der Waals surface area contributed by atoms with Crippen molar-refractivity contribution >= 4 is 78.7 Å². The fourth-order valence-corrected chi connectivity index (χ4v) is 2.42. The Kier molecular flexibility index (Phi) is 5.30. The van der Waals surface area contributed by atoms with E-state index >= 15 is 0 Å². The van der Waals surface area contributed by atoms with Crippen LogP contribution in [0, 0.1) is 0 Å². The molecule has 0 spiro atoms. The predicted molar refractivity (Wildman–Crippen MR) is 65.4 cm³/mol. The first kappa shape index (κ1) is 14.8. The van der Waals surface area contributed by atoms with E-state index in [4.69, 9.17) is 0 Å². The van der Waals surface area contributed by atoms with Crippen LogP contribution in [0.25, 0.3) is 10.8 Å². The van der Waals surface area contributed by atoms with Gasteiger partial charge in [-0.15, -0.1) is 0 Å². The van der Waals surface area contributed by atoms with Gasteiger partial charge in [-0.05, 0) is 11.5 Å². The summed E-state index contributed by atoms with van der Waals surface area (Å²) in [5, 5.41) is 1.31. The molecule has 17 heavy (non-hydrogen) atoms. The summed E-state index contributed by atoms with van der Waals surface area (Å²) in [6.07, 6.45) is 0. The third kappa shape index (κ3) is 3.15. The molecule has 4 nitrogen and oxygen atoms in total. The number of hydrogen-bond acceptors (Lipinski definition) is 4. The van der Waals surface area contributed by atoms with Crippen LogP contribution in [0.3, 0.4) is 0 Å². The quantitative estimate of drug-likeness (QED) is 0.478. The van der Waals surface area contributed by atoms with Crippen molar-refractivity contribution < 1.29 is 17.4 Å². The first-order valence-corrected chi connectivity index (χ1v) is 5.91. The van der Waals surface area contributed by atoms with Crippen LogP contribution in [0.15, 0.2) is 47.4 Å². The number of hydrogen-bond donors (Lipinski definition) is 0. The molecule has 0 amide bonds. The predicted octanol–water partition coefficient (Wildman–Crippen LogP) is 1.05. The molecule has 0 heterocycles. The SMILES string of the molecule is O=COS(=O)(=O)c1cccc2ccccc12.[KH]. The van der Waals surface area contributed by atoms with Gasteiger partial charge in [-0.3, -0.25) is 4.79 Å². The molecular formula is C11H9KO4S. The molecule has 0 fully saturated rings. The second-order valence-electron chi connectivity index (χ2n) is 3.12. The number of carbonyl (C=O) groups is 1. The van der Waals surface area contributed by atoms with Gasteiger partial charge in [-0.1, -0.05) is 36.4 Å².